The van der Waals surface area contributed by atoms with Crippen molar-refractivity contribution in [2.45, 2.75) is 20.3 Å². The van der Waals surface area contributed by atoms with Crippen LogP contribution in [-0.4, -0.2) is 25.5 Å². The highest BCUT2D eigenvalue weighted by molar-refractivity contribution is 6.41. The largest absolute Gasteiger partial charge is 0.496 e. The number of carbonyl (C=O) groups is 2. The lowest BCUT2D eigenvalue weighted by Gasteiger charge is -2.11. The number of carbonyl (C=O) groups excluding carboxylic acids is 2. The Morgan fingerprint density at radius 3 is 2.44 bits per heavy atom. The first-order chi connectivity index (χ1) is 8.54. The molecule has 1 rings (SSSR count). The maximum Gasteiger partial charge on any atom is 0.379 e. The van der Waals surface area contributed by atoms with E-state index in [1.165, 1.54) is 13.2 Å². The summed E-state index contributed by atoms with van der Waals surface area (Å²) in [6.07, 6.45) is 0.448. The van der Waals surface area contributed by atoms with E-state index in [-0.39, 0.29) is 17.9 Å². The fraction of sp³-hybridized carbons (Fsp3) is 0.385. The minimum Gasteiger partial charge on any atom is -0.496 e. The van der Waals surface area contributed by atoms with E-state index in [0.717, 1.165) is 6.07 Å². The summed E-state index contributed by atoms with van der Waals surface area (Å²) in [6, 6.07) is 2.21. The Labute approximate surface area is 105 Å². The van der Waals surface area contributed by atoms with E-state index < -0.39 is 17.6 Å². The predicted molar refractivity (Wildman–Crippen MR) is 63.3 cm³/mol. The summed E-state index contributed by atoms with van der Waals surface area (Å²) in [5.74, 6) is -2.21. The van der Waals surface area contributed by atoms with E-state index in [0.29, 0.717) is 12.0 Å². The van der Waals surface area contributed by atoms with Crippen molar-refractivity contribution >= 4 is 11.8 Å². The zero-order valence-corrected chi connectivity index (χ0v) is 10.6. The molecule has 0 spiro atoms. The maximum absolute atomic E-state index is 13.4. The Bertz CT molecular complexity index is 468. The molecule has 0 aliphatic heterocycles. The van der Waals surface area contributed by atoms with Crippen molar-refractivity contribution in [1.82, 2.24) is 0 Å². The number of esters is 1. The molecule has 0 atom stereocenters. The fourth-order valence-electron chi connectivity index (χ4n) is 1.67. The van der Waals surface area contributed by atoms with Gasteiger partial charge < -0.3 is 9.47 Å². The first kappa shape index (κ1) is 14.2. The molecule has 4 nitrogen and oxygen atoms in total. The van der Waals surface area contributed by atoms with Crippen LogP contribution in [-0.2, 0) is 16.0 Å². The molecule has 5 heteroatoms. The Morgan fingerprint density at radius 1 is 1.28 bits per heavy atom. The highest BCUT2D eigenvalue weighted by atomic mass is 19.1. The molecule has 0 fully saturated rings. The van der Waals surface area contributed by atoms with Gasteiger partial charge in [0.15, 0.2) is 0 Å². The van der Waals surface area contributed by atoms with Crippen molar-refractivity contribution in [3.05, 3.63) is 29.1 Å². The van der Waals surface area contributed by atoms with Gasteiger partial charge in [0.1, 0.15) is 11.6 Å². The second-order valence-electron chi connectivity index (χ2n) is 3.54. The van der Waals surface area contributed by atoms with Crippen LogP contribution in [0.5, 0.6) is 5.75 Å². The number of rotatable bonds is 5. The normalized spacial score (nSPS) is 10.0. The summed E-state index contributed by atoms with van der Waals surface area (Å²) in [4.78, 5) is 23.2. The van der Waals surface area contributed by atoms with E-state index in [1.54, 1.807) is 13.8 Å². The lowest BCUT2D eigenvalue weighted by Crippen LogP contribution is -2.19. The van der Waals surface area contributed by atoms with Crippen LogP contribution < -0.4 is 4.74 Å². The molecule has 1 aromatic carbocycles. The molecule has 0 aromatic heterocycles. The van der Waals surface area contributed by atoms with Crippen LogP contribution in [0.25, 0.3) is 0 Å². The van der Waals surface area contributed by atoms with E-state index in [4.69, 9.17) is 4.74 Å². The third kappa shape index (κ3) is 2.85. The van der Waals surface area contributed by atoms with E-state index in [1.807, 2.05) is 0 Å². The van der Waals surface area contributed by atoms with Crippen LogP contribution in [0.2, 0.25) is 0 Å². The maximum atomic E-state index is 13.4. The van der Waals surface area contributed by atoms with Crippen molar-refractivity contribution < 1.29 is 23.5 Å². The smallest absolute Gasteiger partial charge is 0.379 e. The Kier molecular flexibility index (Phi) is 4.83. The summed E-state index contributed by atoms with van der Waals surface area (Å²) >= 11 is 0. The van der Waals surface area contributed by atoms with Crippen molar-refractivity contribution in [3.63, 3.8) is 0 Å². The van der Waals surface area contributed by atoms with Crippen LogP contribution in [0.3, 0.4) is 0 Å². The molecule has 0 saturated carbocycles. The van der Waals surface area contributed by atoms with Gasteiger partial charge in [-0.05, 0) is 19.4 Å². The molecule has 0 aliphatic rings. The Balaban J connectivity index is 3.26. The first-order valence-corrected chi connectivity index (χ1v) is 5.62. The van der Waals surface area contributed by atoms with Gasteiger partial charge in [0.25, 0.3) is 5.78 Å². The second kappa shape index (κ2) is 6.14. The topological polar surface area (TPSA) is 52.6 Å². The number of benzene rings is 1. The van der Waals surface area contributed by atoms with Crippen molar-refractivity contribution in [1.29, 1.82) is 0 Å². The van der Waals surface area contributed by atoms with Crippen LogP contribution in [0.1, 0.15) is 29.8 Å². The minimum atomic E-state index is -0.986. The summed E-state index contributed by atoms with van der Waals surface area (Å²) in [7, 11) is 1.38. The molecule has 0 saturated heterocycles. The second-order valence-corrected chi connectivity index (χ2v) is 3.54. The predicted octanol–water partition coefficient (Wildman–Crippen LogP) is 2.14. The zero-order valence-electron chi connectivity index (χ0n) is 10.6. The quantitative estimate of drug-likeness (QED) is 0.459. The molecule has 0 aliphatic carbocycles. The van der Waals surface area contributed by atoms with E-state index in [9.17, 15) is 14.0 Å². The standard InChI is InChI=1S/C13H15FO4/c1-4-9-10(12(15)13(16)18-5-2)6-8(14)7-11(9)17-3/h6-7H,4-5H2,1-3H3. The molecule has 0 heterocycles. The lowest BCUT2D eigenvalue weighted by molar-refractivity contribution is -0.137. The molecule has 0 amide bonds. The summed E-state index contributed by atoms with van der Waals surface area (Å²) < 4.78 is 23.0. The number of halogens is 1. The SMILES string of the molecule is CCOC(=O)C(=O)c1cc(F)cc(OC)c1CC. The Morgan fingerprint density at radius 2 is 1.94 bits per heavy atom. The van der Waals surface area contributed by atoms with Gasteiger partial charge >= 0.3 is 5.97 Å². The van der Waals surface area contributed by atoms with Crippen molar-refractivity contribution in [3.8, 4) is 5.75 Å². The third-order valence-corrected chi connectivity index (χ3v) is 2.45. The van der Waals surface area contributed by atoms with Crippen LogP contribution >= 0.6 is 0 Å². The molecule has 0 N–H and O–H groups in total. The minimum absolute atomic E-state index is 0.00667. The highest BCUT2D eigenvalue weighted by Crippen LogP contribution is 2.25. The monoisotopic (exact) mass is 254 g/mol. The number of methoxy groups -OCH3 is 1. The molecule has 1 aromatic rings. The number of hydrogen-bond acceptors (Lipinski definition) is 4. The average Bonchev–Trinajstić information content (AvgIpc) is 2.36. The molecule has 98 valence electrons. The first-order valence-electron chi connectivity index (χ1n) is 5.62. The van der Waals surface area contributed by atoms with Crippen LogP contribution in [0.15, 0.2) is 12.1 Å². The van der Waals surface area contributed by atoms with Gasteiger partial charge in [0.2, 0.25) is 0 Å². The van der Waals surface area contributed by atoms with Gasteiger partial charge in [-0.25, -0.2) is 9.18 Å². The van der Waals surface area contributed by atoms with Crippen LogP contribution in [0, 0.1) is 5.82 Å². The highest BCUT2D eigenvalue weighted by Gasteiger charge is 2.23. The third-order valence-electron chi connectivity index (χ3n) is 2.45. The van der Waals surface area contributed by atoms with Crippen LogP contribution in [0.4, 0.5) is 4.39 Å². The number of ketones is 1. The summed E-state index contributed by atoms with van der Waals surface area (Å²) in [5.41, 5.74) is 0.491. The summed E-state index contributed by atoms with van der Waals surface area (Å²) in [5, 5.41) is 0. The number of Topliss-reactive ketones (excluding diaryl/α,β-unsaturated/α-hetero) is 1. The molecular weight excluding hydrogens is 239 g/mol. The van der Waals surface area contributed by atoms with Crippen molar-refractivity contribution in [2.75, 3.05) is 13.7 Å². The van der Waals surface area contributed by atoms with Gasteiger partial charge in [-0.1, -0.05) is 6.92 Å². The van der Waals surface area contributed by atoms with E-state index >= 15 is 0 Å². The molecular formula is C13H15FO4. The van der Waals surface area contributed by atoms with Gasteiger partial charge in [-0.15, -0.1) is 0 Å². The fourth-order valence-corrected chi connectivity index (χ4v) is 1.67. The number of hydrogen-bond donors (Lipinski definition) is 0. The van der Waals surface area contributed by atoms with Gasteiger partial charge in [-0.3, -0.25) is 4.79 Å². The average molecular weight is 254 g/mol. The summed E-state index contributed by atoms with van der Waals surface area (Å²) in [6.45, 7) is 3.48. The van der Waals surface area contributed by atoms with Gasteiger partial charge in [0, 0.05) is 17.2 Å². The lowest BCUT2D eigenvalue weighted by atomic mass is 10.00. The molecule has 18 heavy (non-hydrogen) atoms. The number of ether oxygens (including phenoxy) is 2. The molecule has 0 unspecified atom stereocenters. The molecule has 0 bridgehead atoms. The Hall–Kier alpha value is -1.91. The van der Waals surface area contributed by atoms with Gasteiger partial charge in [0.05, 0.1) is 13.7 Å². The van der Waals surface area contributed by atoms with E-state index in [2.05, 4.69) is 4.74 Å². The zero-order chi connectivity index (χ0) is 13.7. The van der Waals surface area contributed by atoms with Gasteiger partial charge in [-0.2, -0.15) is 0 Å². The van der Waals surface area contributed by atoms with Crippen molar-refractivity contribution in [2.24, 2.45) is 0 Å². The molecule has 0 radical (unpaired) electrons.